The van der Waals surface area contributed by atoms with Gasteiger partial charge in [-0.2, -0.15) is 0 Å². The first-order chi connectivity index (χ1) is 29.0. The van der Waals surface area contributed by atoms with Gasteiger partial charge in [-0.15, -0.1) is 0 Å². The van der Waals surface area contributed by atoms with Crippen LogP contribution in [0.25, 0.3) is 0 Å². The molecule has 1 aliphatic rings. The second-order valence-electron chi connectivity index (χ2n) is 16.3. The zero-order chi connectivity index (χ0) is 45.1. The Morgan fingerprint density at radius 1 is 0.885 bits per heavy atom. The highest BCUT2D eigenvalue weighted by Gasteiger charge is 2.36. The van der Waals surface area contributed by atoms with Crippen LogP contribution in [0.4, 0.5) is 0 Å². The summed E-state index contributed by atoms with van der Waals surface area (Å²) in [6, 6.07) is 7.30. The number of hydrogen-bond donors (Lipinski definition) is 7. The number of aromatic hydroxyl groups is 2. The summed E-state index contributed by atoms with van der Waals surface area (Å²) in [6.07, 6.45) is 9.99. The van der Waals surface area contributed by atoms with Crippen LogP contribution >= 0.6 is 0 Å². The number of hydrogen-bond acceptors (Lipinski definition) is 10. The summed E-state index contributed by atoms with van der Waals surface area (Å²) in [7, 11) is 1.45. The summed E-state index contributed by atoms with van der Waals surface area (Å²) in [5.74, 6) is -4.26. The van der Waals surface area contributed by atoms with Crippen molar-refractivity contribution in [2.45, 2.75) is 129 Å². The average Bonchev–Trinajstić information content (AvgIpc) is 3.21. The fourth-order valence-electron chi connectivity index (χ4n) is 6.74. The SMILES string of the molecule is CCCCCC/C=C\CC(=O)N[C@@H](Cc1ccc(O)cc1)[C@@H](O)CC(=O)N[C@H](C(=O)N[C@@H]1/C=C\C(=O)N[C@@H](C(C)C)C(=O)N(C)[C@@H](Cc2ccc(O)cc2)C(=O)OC1)C(C)C. The number of benzene rings is 2. The third kappa shape index (κ3) is 17.1. The number of esters is 1. The van der Waals surface area contributed by atoms with Gasteiger partial charge in [0.1, 0.15) is 36.2 Å². The molecule has 7 N–H and O–H groups in total. The van der Waals surface area contributed by atoms with Gasteiger partial charge in [0.15, 0.2) is 0 Å². The minimum atomic E-state index is -1.35. The largest absolute Gasteiger partial charge is 0.508 e. The molecule has 0 aromatic heterocycles. The second kappa shape index (κ2) is 25.2. The van der Waals surface area contributed by atoms with Gasteiger partial charge in [-0.3, -0.25) is 24.0 Å². The zero-order valence-corrected chi connectivity index (χ0v) is 36.3. The molecular weight excluding hydrogens is 783 g/mol. The number of nitrogens with one attached hydrogen (secondary N) is 4. The van der Waals surface area contributed by atoms with Crippen molar-refractivity contribution in [2.24, 2.45) is 11.8 Å². The summed E-state index contributed by atoms with van der Waals surface area (Å²) < 4.78 is 5.67. The Kier molecular flexibility index (Phi) is 20.5. The van der Waals surface area contributed by atoms with Crippen LogP contribution < -0.4 is 21.3 Å². The van der Waals surface area contributed by atoms with Crippen molar-refractivity contribution in [1.82, 2.24) is 26.2 Å². The molecular formula is C46H65N5O10. The highest BCUT2D eigenvalue weighted by Crippen LogP contribution is 2.18. The van der Waals surface area contributed by atoms with E-state index in [4.69, 9.17) is 4.74 Å². The molecule has 334 valence electrons. The molecule has 15 heteroatoms. The molecule has 6 atom stereocenters. The third-order valence-corrected chi connectivity index (χ3v) is 10.5. The van der Waals surface area contributed by atoms with E-state index < -0.39 is 84.9 Å². The molecule has 1 heterocycles. The predicted molar refractivity (Wildman–Crippen MR) is 231 cm³/mol. The number of unbranched alkanes of at least 4 members (excludes halogenated alkanes) is 4. The quantitative estimate of drug-likeness (QED) is 0.0581. The number of ether oxygens (including phenoxy) is 1. The van der Waals surface area contributed by atoms with Crippen LogP contribution in [0.15, 0.2) is 72.8 Å². The number of likely N-dealkylation sites (N-methyl/N-ethyl adjacent to an activating group) is 1. The lowest BCUT2D eigenvalue weighted by Gasteiger charge is -2.32. The van der Waals surface area contributed by atoms with Gasteiger partial charge in [0.25, 0.3) is 0 Å². The van der Waals surface area contributed by atoms with Crippen LogP contribution in [0.2, 0.25) is 0 Å². The van der Waals surface area contributed by atoms with Crippen LogP contribution in [0, 0.1) is 11.8 Å². The topological polar surface area (TPSA) is 224 Å². The molecule has 0 radical (unpaired) electrons. The van der Waals surface area contributed by atoms with Crippen LogP contribution in [0.3, 0.4) is 0 Å². The number of carbonyl (C=O) groups is 6. The van der Waals surface area contributed by atoms with Gasteiger partial charge in [-0.1, -0.05) is 96.4 Å². The van der Waals surface area contributed by atoms with Gasteiger partial charge in [0, 0.05) is 26.0 Å². The van der Waals surface area contributed by atoms with Crippen molar-refractivity contribution < 1.29 is 48.8 Å². The van der Waals surface area contributed by atoms with Gasteiger partial charge in [-0.25, -0.2) is 4.79 Å². The van der Waals surface area contributed by atoms with Crippen molar-refractivity contribution >= 4 is 35.5 Å². The Hall–Kier alpha value is -5.70. The fraction of sp³-hybridized carbons (Fsp3) is 0.522. The van der Waals surface area contributed by atoms with E-state index in [2.05, 4.69) is 28.2 Å². The van der Waals surface area contributed by atoms with E-state index in [1.165, 1.54) is 42.3 Å². The smallest absolute Gasteiger partial charge is 0.329 e. The molecule has 2 aromatic carbocycles. The number of phenolic OH excluding ortho intramolecular Hbond substituents is 2. The highest BCUT2D eigenvalue weighted by atomic mass is 16.5. The normalized spacial score (nSPS) is 19.6. The predicted octanol–water partition coefficient (Wildman–Crippen LogP) is 3.74. The lowest BCUT2D eigenvalue weighted by atomic mass is 9.97. The molecule has 61 heavy (non-hydrogen) atoms. The number of phenols is 2. The van der Waals surface area contributed by atoms with E-state index in [1.807, 2.05) is 6.08 Å². The summed E-state index contributed by atoms with van der Waals surface area (Å²) in [5.41, 5.74) is 1.34. The number of aliphatic hydroxyl groups excluding tert-OH is 1. The van der Waals surface area contributed by atoms with E-state index in [0.29, 0.717) is 11.1 Å². The number of carbonyl (C=O) groups excluding carboxylic acids is 6. The number of cyclic esters (lactones) is 1. The molecule has 0 unspecified atom stereocenters. The van der Waals surface area contributed by atoms with Crippen molar-refractivity contribution in [2.75, 3.05) is 13.7 Å². The first-order valence-electron chi connectivity index (χ1n) is 21.2. The lowest BCUT2D eigenvalue weighted by Crippen LogP contribution is -2.56. The molecule has 5 amide bonds. The number of aliphatic hydroxyl groups is 1. The van der Waals surface area contributed by atoms with Crippen LogP contribution in [0.1, 0.15) is 90.7 Å². The zero-order valence-electron chi connectivity index (χ0n) is 36.3. The summed E-state index contributed by atoms with van der Waals surface area (Å²) in [5, 5.41) is 41.8. The van der Waals surface area contributed by atoms with E-state index in [1.54, 1.807) is 58.0 Å². The summed E-state index contributed by atoms with van der Waals surface area (Å²) >= 11 is 0. The first kappa shape index (κ1) is 49.7. The molecule has 0 fully saturated rings. The monoisotopic (exact) mass is 847 g/mol. The third-order valence-electron chi connectivity index (χ3n) is 10.5. The van der Waals surface area contributed by atoms with Crippen molar-refractivity contribution in [3.05, 3.63) is 84.0 Å². The van der Waals surface area contributed by atoms with E-state index in [-0.39, 0.29) is 42.6 Å². The maximum absolute atomic E-state index is 13.8. The van der Waals surface area contributed by atoms with Crippen molar-refractivity contribution in [1.29, 1.82) is 0 Å². The molecule has 0 saturated heterocycles. The number of nitrogens with zero attached hydrogens (tertiary/aromatic N) is 1. The van der Waals surface area contributed by atoms with E-state index in [9.17, 15) is 44.1 Å². The Balaban J connectivity index is 1.75. The van der Waals surface area contributed by atoms with Gasteiger partial charge < -0.3 is 46.2 Å². The van der Waals surface area contributed by atoms with Gasteiger partial charge in [0.05, 0.1) is 24.6 Å². The van der Waals surface area contributed by atoms with E-state index in [0.717, 1.165) is 38.2 Å². The molecule has 0 bridgehead atoms. The Morgan fingerprint density at radius 2 is 1.52 bits per heavy atom. The maximum atomic E-state index is 13.8. The summed E-state index contributed by atoms with van der Waals surface area (Å²) in [6.45, 7) is 8.65. The Bertz CT molecular complexity index is 1810. The molecule has 2 aromatic rings. The van der Waals surface area contributed by atoms with Crippen molar-refractivity contribution in [3.8, 4) is 11.5 Å². The minimum Gasteiger partial charge on any atom is -0.508 e. The second-order valence-corrected chi connectivity index (χ2v) is 16.3. The van der Waals surface area contributed by atoms with Crippen molar-refractivity contribution in [3.63, 3.8) is 0 Å². The van der Waals surface area contributed by atoms with Gasteiger partial charge in [-0.05, 0) is 66.5 Å². The molecule has 0 aliphatic carbocycles. The standard InChI is InChI=1S/C46H65N5O10/c1-7-8-9-10-11-12-13-14-39(55)48-36(25-31-15-20-34(52)21-16-31)38(54)27-41(57)50-42(29(2)3)44(58)47-33-19-24-40(56)49-43(30(4)5)45(59)51(6)37(46(60)61-28-33)26-32-17-22-35(53)23-18-32/h12-13,15-24,29-30,33,36-38,42-43,52-54H,7-11,14,25-28H2,1-6H3,(H,47,58)(H,48,55)(H,49,56)(H,50,57)/b13-12-,24-19-/t33-,36+,37+,38+,42+,43+/m1/s1. The van der Waals surface area contributed by atoms with Crippen LogP contribution in [-0.2, 0) is 46.3 Å². The number of allylic oxidation sites excluding steroid dienone is 1. The number of amides is 5. The Labute approximate surface area is 359 Å². The van der Waals surface area contributed by atoms with Crippen LogP contribution in [-0.4, -0.2) is 106 Å². The highest BCUT2D eigenvalue weighted by molar-refractivity contribution is 5.95. The van der Waals surface area contributed by atoms with Gasteiger partial charge in [0.2, 0.25) is 29.5 Å². The Morgan fingerprint density at radius 3 is 2.13 bits per heavy atom. The minimum absolute atomic E-state index is 0.0278. The number of rotatable bonds is 20. The first-order valence-corrected chi connectivity index (χ1v) is 21.2. The molecule has 0 saturated carbocycles. The molecule has 15 nitrogen and oxygen atoms in total. The molecule has 0 spiro atoms. The maximum Gasteiger partial charge on any atom is 0.329 e. The van der Waals surface area contributed by atoms with E-state index >= 15 is 0 Å². The summed E-state index contributed by atoms with van der Waals surface area (Å²) in [4.78, 5) is 81.8. The lowest BCUT2D eigenvalue weighted by molar-refractivity contribution is -0.156. The molecule has 1 aliphatic heterocycles. The fourth-order valence-corrected chi connectivity index (χ4v) is 6.74. The molecule has 3 rings (SSSR count). The average molecular weight is 848 g/mol. The van der Waals surface area contributed by atoms with Crippen LogP contribution in [0.5, 0.6) is 11.5 Å². The van der Waals surface area contributed by atoms with Gasteiger partial charge >= 0.3 is 5.97 Å².